The third-order valence-corrected chi connectivity index (χ3v) is 4.11. The molecule has 0 saturated carbocycles. The summed E-state index contributed by atoms with van der Waals surface area (Å²) in [4.78, 5) is 14.6. The third-order valence-electron chi connectivity index (χ3n) is 4.11. The molecular formula is C16H22N2O2. The summed E-state index contributed by atoms with van der Waals surface area (Å²) in [6.45, 7) is 6.23. The van der Waals surface area contributed by atoms with Crippen LogP contribution < -0.4 is 5.32 Å². The smallest absolute Gasteiger partial charge is 0.240 e. The maximum Gasteiger partial charge on any atom is 0.240 e. The van der Waals surface area contributed by atoms with Gasteiger partial charge in [-0.2, -0.15) is 0 Å². The predicted octanol–water partition coefficient (Wildman–Crippen LogP) is 1.34. The summed E-state index contributed by atoms with van der Waals surface area (Å²) in [6, 6.07) is 8.25. The molecule has 2 heterocycles. The molecule has 0 aromatic heterocycles. The van der Waals surface area contributed by atoms with Crippen LogP contribution in [0.3, 0.4) is 0 Å². The zero-order valence-corrected chi connectivity index (χ0v) is 12.1. The Labute approximate surface area is 120 Å². The molecule has 0 spiro atoms. The predicted molar refractivity (Wildman–Crippen MR) is 77.4 cm³/mol. The highest BCUT2D eigenvalue weighted by atomic mass is 16.5. The molecule has 1 amide bonds. The molecule has 2 aliphatic rings. The minimum Gasteiger partial charge on any atom is -0.372 e. The quantitative estimate of drug-likeness (QED) is 0.840. The van der Waals surface area contributed by atoms with Crippen LogP contribution in [0.5, 0.6) is 0 Å². The molecule has 2 aliphatic heterocycles. The minimum atomic E-state index is -0.0950. The van der Waals surface area contributed by atoms with Crippen molar-refractivity contribution in [2.24, 2.45) is 0 Å². The van der Waals surface area contributed by atoms with Gasteiger partial charge in [-0.05, 0) is 31.4 Å². The van der Waals surface area contributed by atoms with Crippen LogP contribution >= 0.6 is 0 Å². The van der Waals surface area contributed by atoms with Crippen LogP contribution in [0.25, 0.3) is 0 Å². The van der Waals surface area contributed by atoms with Crippen molar-refractivity contribution in [1.82, 2.24) is 10.2 Å². The fraction of sp³-hybridized carbons (Fsp3) is 0.562. The zero-order chi connectivity index (χ0) is 14.1. The molecule has 1 aromatic rings. The van der Waals surface area contributed by atoms with E-state index in [1.54, 1.807) is 0 Å². The Morgan fingerprint density at radius 2 is 1.85 bits per heavy atom. The van der Waals surface area contributed by atoms with E-state index in [9.17, 15) is 4.79 Å². The second kappa shape index (κ2) is 5.54. The molecule has 1 fully saturated rings. The van der Waals surface area contributed by atoms with Crippen molar-refractivity contribution in [3.63, 3.8) is 0 Å². The highest BCUT2D eigenvalue weighted by Gasteiger charge is 2.32. The Bertz CT molecular complexity index is 493. The van der Waals surface area contributed by atoms with E-state index in [-0.39, 0.29) is 24.2 Å². The number of carbonyl (C=O) groups excluding carboxylic acids is 1. The van der Waals surface area contributed by atoms with Crippen LogP contribution in [-0.4, -0.2) is 42.1 Å². The van der Waals surface area contributed by atoms with Crippen molar-refractivity contribution in [2.45, 2.75) is 45.1 Å². The first kappa shape index (κ1) is 13.6. The first-order chi connectivity index (χ1) is 9.63. The molecule has 1 saturated heterocycles. The normalized spacial score (nSPS) is 29.9. The Kier molecular flexibility index (Phi) is 3.76. The average Bonchev–Trinajstić information content (AvgIpc) is 2.45. The van der Waals surface area contributed by atoms with E-state index in [1.807, 2.05) is 30.9 Å². The van der Waals surface area contributed by atoms with E-state index in [0.717, 1.165) is 13.0 Å². The lowest BCUT2D eigenvalue weighted by molar-refractivity contribution is -0.145. The van der Waals surface area contributed by atoms with Gasteiger partial charge in [-0.15, -0.1) is 0 Å². The summed E-state index contributed by atoms with van der Waals surface area (Å²) >= 11 is 0. The zero-order valence-electron chi connectivity index (χ0n) is 12.1. The molecule has 1 N–H and O–H groups in total. The third kappa shape index (κ3) is 2.72. The highest BCUT2D eigenvalue weighted by molar-refractivity contribution is 5.82. The van der Waals surface area contributed by atoms with Crippen molar-refractivity contribution < 1.29 is 9.53 Å². The largest absolute Gasteiger partial charge is 0.372 e. The van der Waals surface area contributed by atoms with E-state index in [4.69, 9.17) is 4.74 Å². The van der Waals surface area contributed by atoms with E-state index in [2.05, 4.69) is 17.4 Å². The number of carbonyl (C=O) groups is 1. The van der Waals surface area contributed by atoms with Gasteiger partial charge in [-0.1, -0.05) is 24.3 Å². The number of hydrogen-bond acceptors (Lipinski definition) is 3. The molecule has 0 bridgehead atoms. The summed E-state index contributed by atoms with van der Waals surface area (Å²) in [5, 5.41) is 3.37. The van der Waals surface area contributed by atoms with E-state index >= 15 is 0 Å². The maximum atomic E-state index is 12.7. The Hall–Kier alpha value is -1.39. The van der Waals surface area contributed by atoms with Crippen LogP contribution in [0.4, 0.5) is 0 Å². The topological polar surface area (TPSA) is 41.6 Å². The Balaban J connectivity index is 1.69. The van der Waals surface area contributed by atoms with Crippen molar-refractivity contribution >= 4 is 5.91 Å². The van der Waals surface area contributed by atoms with Crippen LogP contribution in [0.1, 0.15) is 25.0 Å². The summed E-state index contributed by atoms with van der Waals surface area (Å²) in [6.07, 6.45) is 1.03. The number of benzene rings is 1. The molecule has 108 valence electrons. The number of nitrogens with zero attached hydrogens (tertiary/aromatic N) is 1. The second-order valence-electron chi connectivity index (χ2n) is 5.91. The lowest BCUT2D eigenvalue weighted by atomic mass is 9.95. The maximum absolute atomic E-state index is 12.7. The molecule has 4 nitrogen and oxygen atoms in total. The van der Waals surface area contributed by atoms with Gasteiger partial charge in [0.1, 0.15) is 0 Å². The lowest BCUT2D eigenvalue weighted by Gasteiger charge is -2.38. The number of rotatable bonds is 1. The standard InChI is InChI=1S/C16H22N2O2/c1-11-9-18(10-12(2)20-11)16(19)15-7-13-5-3-4-6-14(13)8-17-15/h3-6,11-12,15,17H,7-10H2,1-2H3/t11-,12-,15+/m1/s1. The molecule has 0 unspecified atom stereocenters. The van der Waals surface area contributed by atoms with E-state index in [1.165, 1.54) is 11.1 Å². The van der Waals surface area contributed by atoms with Gasteiger partial charge in [0.05, 0.1) is 18.2 Å². The van der Waals surface area contributed by atoms with Crippen molar-refractivity contribution in [3.05, 3.63) is 35.4 Å². The van der Waals surface area contributed by atoms with Gasteiger partial charge in [0.25, 0.3) is 0 Å². The van der Waals surface area contributed by atoms with Gasteiger partial charge in [-0.25, -0.2) is 0 Å². The molecular weight excluding hydrogens is 252 g/mol. The van der Waals surface area contributed by atoms with Crippen molar-refractivity contribution in [3.8, 4) is 0 Å². The molecule has 0 aliphatic carbocycles. The molecule has 0 radical (unpaired) electrons. The fourth-order valence-corrected chi connectivity index (χ4v) is 3.21. The number of fused-ring (bicyclic) bond motifs is 1. The Morgan fingerprint density at radius 1 is 1.20 bits per heavy atom. The average molecular weight is 274 g/mol. The summed E-state index contributed by atoms with van der Waals surface area (Å²) in [5.74, 6) is 0.210. The number of morpholine rings is 1. The highest BCUT2D eigenvalue weighted by Crippen LogP contribution is 2.19. The number of amides is 1. The second-order valence-corrected chi connectivity index (χ2v) is 5.91. The number of nitrogens with one attached hydrogen (secondary N) is 1. The van der Waals surface area contributed by atoms with Gasteiger partial charge in [-0.3, -0.25) is 4.79 Å². The molecule has 20 heavy (non-hydrogen) atoms. The molecule has 3 atom stereocenters. The fourth-order valence-electron chi connectivity index (χ4n) is 3.21. The van der Waals surface area contributed by atoms with Crippen LogP contribution in [0.2, 0.25) is 0 Å². The molecule has 1 aromatic carbocycles. The van der Waals surface area contributed by atoms with Gasteiger partial charge >= 0.3 is 0 Å². The van der Waals surface area contributed by atoms with Gasteiger partial charge < -0.3 is 15.0 Å². The Morgan fingerprint density at radius 3 is 2.55 bits per heavy atom. The van der Waals surface area contributed by atoms with Crippen LogP contribution in [-0.2, 0) is 22.5 Å². The van der Waals surface area contributed by atoms with Gasteiger partial charge in [0, 0.05) is 19.6 Å². The molecule has 4 heteroatoms. The van der Waals surface area contributed by atoms with Crippen LogP contribution in [0.15, 0.2) is 24.3 Å². The monoisotopic (exact) mass is 274 g/mol. The minimum absolute atomic E-state index is 0.0950. The lowest BCUT2D eigenvalue weighted by Crippen LogP contribution is -2.55. The summed E-state index contributed by atoms with van der Waals surface area (Å²) in [7, 11) is 0. The van der Waals surface area contributed by atoms with E-state index < -0.39 is 0 Å². The summed E-state index contributed by atoms with van der Waals surface area (Å²) in [5.41, 5.74) is 2.60. The van der Waals surface area contributed by atoms with Crippen molar-refractivity contribution in [2.75, 3.05) is 13.1 Å². The first-order valence-corrected chi connectivity index (χ1v) is 7.38. The van der Waals surface area contributed by atoms with E-state index in [0.29, 0.717) is 13.1 Å². The van der Waals surface area contributed by atoms with Gasteiger partial charge in [0.15, 0.2) is 0 Å². The van der Waals surface area contributed by atoms with Crippen molar-refractivity contribution in [1.29, 1.82) is 0 Å². The number of ether oxygens (including phenoxy) is 1. The van der Waals surface area contributed by atoms with Crippen LogP contribution in [0, 0.1) is 0 Å². The number of hydrogen-bond donors (Lipinski definition) is 1. The molecule has 3 rings (SSSR count). The SMILES string of the molecule is C[C@@H]1CN(C(=O)[C@@H]2Cc3ccccc3CN2)C[C@@H](C)O1. The first-order valence-electron chi connectivity index (χ1n) is 7.38. The summed E-state index contributed by atoms with van der Waals surface area (Å²) < 4.78 is 5.70. The van der Waals surface area contributed by atoms with Gasteiger partial charge in [0.2, 0.25) is 5.91 Å².